The summed E-state index contributed by atoms with van der Waals surface area (Å²) in [5.74, 6) is -0.118. The molecule has 2 aliphatic carbocycles. The normalized spacial score (nSPS) is 21.0. The number of rotatable bonds is 5. The molecular weight excluding hydrogens is 353 g/mol. The van der Waals surface area contributed by atoms with Crippen LogP contribution in [0.15, 0.2) is 24.3 Å². The lowest BCUT2D eigenvalue weighted by atomic mass is 9.92. The van der Waals surface area contributed by atoms with E-state index in [1.165, 1.54) is 25.0 Å². The highest BCUT2D eigenvalue weighted by Gasteiger charge is 2.32. The van der Waals surface area contributed by atoms with Crippen LogP contribution in [0.3, 0.4) is 0 Å². The minimum atomic E-state index is -4.37. The van der Waals surface area contributed by atoms with Gasteiger partial charge in [0.25, 0.3) is 0 Å². The van der Waals surface area contributed by atoms with Gasteiger partial charge < -0.3 is 5.32 Å². The van der Waals surface area contributed by atoms with Crippen LogP contribution in [0, 0.1) is 0 Å². The van der Waals surface area contributed by atoms with E-state index in [9.17, 15) is 18.0 Å². The van der Waals surface area contributed by atoms with E-state index in [1.807, 2.05) is 0 Å². The maximum absolute atomic E-state index is 13.0. The highest BCUT2D eigenvalue weighted by molar-refractivity contribution is 5.83. The van der Waals surface area contributed by atoms with Gasteiger partial charge in [-0.1, -0.05) is 50.7 Å². The fourth-order valence-electron chi connectivity index (χ4n) is 4.22. The first-order chi connectivity index (χ1) is 12.9. The molecule has 2 N–H and O–H groups in total. The van der Waals surface area contributed by atoms with Crippen molar-refractivity contribution in [3.63, 3.8) is 0 Å². The number of hydrogen-bond donors (Lipinski definition) is 2. The lowest BCUT2D eigenvalue weighted by molar-refractivity contribution is -0.137. The Balaban J connectivity index is 1.74. The average Bonchev–Trinajstić information content (AvgIpc) is 2.67. The molecule has 0 bridgehead atoms. The molecule has 1 aromatic carbocycles. The Morgan fingerprint density at radius 2 is 1.37 bits per heavy atom. The molecule has 0 spiro atoms. The molecule has 3 rings (SSSR count). The molecule has 27 heavy (non-hydrogen) atoms. The van der Waals surface area contributed by atoms with E-state index < -0.39 is 17.8 Å². The van der Waals surface area contributed by atoms with Crippen molar-refractivity contribution in [1.29, 1.82) is 0 Å². The zero-order valence-electron chi connectivity index (χ0n) is 15.7. The first-order valence-electron chi connectivity index (χ1n) is 10.2. The summed E-state index contributed by atoms with van der Waals surface area (Å²) in [6, 6.07) is 4.82. The molecule has 2 fully saturated rings. The maximum atomic E-state index is 13.0. The van der Waals surface area contributed by atoms with Crippen molar-refractivity contribution >= 4 is 5.91 Å². The van der Waals surface area contributed by atoms with Crippen molar-refractivity contribution < 1.29 is 18.0 Å². The van der Waals surface area contributed by atoms with Crippen LogP contribution in [0.4, 0.5) is 13.2 Å². The molecule has 0 heterocycles. The second-order valence-corrected chi connectivity index (χ2v) is 7.90. The number of nitrogens with one attached hydrogen (secondary N) is 2. The monoisotopic (exact) mass is 382 g/mol. The van der Waals surface area contributed by atoms with Gasteiger partial charge in [-0.25, -0.2) is 0 Å². The fourth-order valence-corrected chi connectivity index (χ4v) is 4.22. The smallest absolute Gasteiger partial charge is 0.352 e. The molecule has 0 aliphatic heterocycles. The van der Waals surface area contributed by atoms with Crippen molar-refractivity contribution in [2.45, 2.75) is 88.5 Å². The van der Waals surface area contributed by atoms with Gasteiger partial charge >= 0.3 is 6.18 Å². The number of halogens is 3. The minimum absolute atomic E-state index is 0.118. The lowest BCUT2D eigenvalue weighted by Crippen LogP contribution is -2.46. The van der Waals surface area contributed by atoms with Gasteiger partial charge in [0.15, 0.2) is 0 Å². The van der Waals surface area contributed by atoms with Crippen molar-refractivity contribution in [1.82, 2.24) is 10.6 Å². The van der Waals surface area contributed by atoms with Crippen molar-refractivity contribution in [2.75, 3.05) is 0 Å². The molecule has 2 aliphatic rings. The van der Waals surface area contributed by atoms with E-state index in [0.29, 0.717) is 5.56 Å². The SMILES string of the molecule is O=C(NC1CCCCC1)C(NC1CCCCC1)c1ccc(C(F)(F)F)cc1. The molecule has 1 unspecified atom stereocenters. The Kier molecular flexibility index (Phi) is 6.79. The quantitative estimate of drug-likeness (QED) is 0.742. The van der Waals surface area contributed by atoms with Gasteiger partial charge in [-0.15, -0.1) is 0 Å². The predicted molar refractivity (Wildman–Crippen MR) is 99.2 cm³/mol. The van der Waals surface area contributed by atoms with Crippen LogP contribution < -0.4 is 10.6 Å². The Labute approximate surface area is 159 Å². The average molecular weight is 382 g/mol. The Morgan fingerprint density at radius 1 is 0.852 bits per heavy atom. The molecule has 1 atom stereocenters. The Bertz CT molecular complexity index is 603. The molecule has 3 nitrogen and oxygen atoms in total. The Hall–Kier alpha value is -1.56. The summed E-state index contributed by atoms with van der Waals surface area (Å²) in [5, 5.41) is 6.55. The number of carbonyl (C=O) groups excluding carboxylic acids is 1. The molecule has 0 aromatic heterocycles. The van der Waals surface area contributed by atoms with E-state index in [-0.39, 0.29) is 18.0 Å². The minimum Gasteiger partial charge on any atom is -0.352 e. The van der Waals surface area contributed by atoms with Gasteiger partial charge in [-0.2, -0.15) is 13.2 Å². The number of alkyl halides is 3. The van der Waals surface area contributed by atoms with E-state index in [0.717, 1.165) is 63.5 Å². The fraction of sp³-hybridized carbons (Fsp3) is 0.667. The summed E-state index contributed by atoms with van der Waals surface area (Å²) in [6.45, 7) is 0. The summed E-state index contributed by atoms with van der Waals surface area (Å²) in [4.78, 5) is 13.0. The lowest BCUT2D eigenvalue weighted by Gasteiger charge is -2.30. The summed E-state index contributed by atoms with van der Waals surface area (Å²) >= 11 is 0. The molecule has 2 saturated carbocycles. The second-order valence-electron chi connectivity index (χ2n) is 7.90. The summed E-state index contributed by atoms with van der Waals surface area (Å²) in [7, 11) is 0. The van der Waals surface area contributed by atoms with Crippen LogP contribution in [-0.4, -0.2) is 18.0 Å². The number of amides is 1. The largest absolute Gasteiger partial charge is 0.416 e. The van der Waals surface area contributed by atoms with Crippen LogP contribution in [0.2, 0.25) is 0 Å². The van der Waals surface area contributed by atoms with Gasteiger partial charge in [0, 0.05) is 12.1 Å². The van der Waals surface area contributed by atoms with E-state index in [4.69, 9.17) is 0 Å². The van der Waals surface area contributed by atoms with Crippen molar-refractivity contribution in [3.8, 4) is 0 Å². The third kappa shape index (κ3) is 5.71. The van der Waals surface area contributed by atoms with Crippen molar-refractivity contribution in [2.24, 2.45) is 0 Å². The standard InChI is InChI=1S/C21H29F3N2O/c22-21(23,24)16-13-11-15(12-14-16)19(25-17-7-3-1-4-8-17)20(27)26-18-9-5-2-6-10-18/h11-14,17-19,25H,1-10H2,(H,26,27). The first-order valence-corrected chi connectivity index (χ1v) is 10.2. The third-order valence-corrected chi connectivity index (χ3v) is 5.79. The highest BCUT2D eigenvalue weighted by Crippen LogP contribution is 2.30. The molecule has 1 aromatic rings. The summed E-state index contributed by atoms with van der Waals surface area (Å²) in [5.41, 5.74) is -0.0859. The summed E-state index contributed by atoms with van der Waals surface area (Å²) in [6.07, 6.45) is 6.51. The van der Waals surface area contributed by atoms with E-state index in [2.05, 4.69) is 10.6 Å². The Morgan fingerprint density at radius 3 is 1.89 bits per heavy atom. The van der Waals surface area contributed by atoms with E-state index in [1.54, 1.807) is 0 Å². The van der Waals surface area contributed by atoms with E-state index >= 15 is 0 Å². The van der Waals surface area contributed by atoms with Gasteiger partial charge in [0.1, 0.15) is 6.04 Å². The third-order valence-electron chi connectivity index (χ3n) is 5.79. The van der Waals surface area contributed by atoms with Crippen molar-refractivity contribution in [3.05, 3.63) is 35.4 Å². The second kappa shape index (κ2) is 9.09. The van der Waals surface area contributed by atoms with Crippen LogP contribution >= 0.6 is 0 Å². The number of hydrogen-bond acceptors (Lipinski definition) is 2. The number of benzene rings is 1. The zero-order valence-corrected chi connectivity index (χ0v) is 15.7. The molecule has 0 radical (unpaired) electrons. The topological polar surface area (TPSA) is 41.1 Å². The molecule has 1 amide bonds. The predicted octanol–water partition coefficient (Wildman–Crippen LogP) is 5.12. The van der Waals surface area contributed by atoms with Crippen LogP contribution in [0.25, 0.3) is 0 Å². The molecular formula is C21H29F3N2O. The van der Waals surface area contributed by atoms with Crippen LogP contribution in [-0.2, 0) is 11.0 Å². The van der Waals surface area contributed by atoms with Gasteiger partial charge in [-0.3, -0.25) is 10.1 Å². The van der Waals surface area contributed by atoms with Crippen LogP contribution in [0.1, 0.15) is 81.4 Å². The van der Waals surface area contributed by atoms with Crippen LogP contribution in [0.5, 0.6) is 0 Å². The number of carbonyl (C=O) groups is 1. The van der Waals surface area contributed by atoms with Gasteiger partial charge in [0.05, 0.1) is 5.56 Å². The zero-order chi connectivity index (χ0) is 19.3. The molecule has 0 saturated heterocycles. The maximum Gasteiger partial charge on any atom is 0.416 e. The first kappa shape index (κ1) is 20.2. The molecule has 150 valence electrons. The highest BCUT2D eigenvalue weighted by atomic mass is 19.4. The molecule has 6 heteroatoms. The van der Waals surface area contributed by atoms with Gasteiger partial charge in [-0.05, 0) is 43.4 Å². The summed E-state index contributed by atoms with van der Waals surface area (Å²) < 4.78 is 38.6. The van der Waals surface area contributed by atoms with Gasteiger partial charge in [0.2, 0.25) is 5.91 Å².